The minimum absolute atomic E-state index is 0.0933. The number of hydrogen-bond acceptors (Lipinski definition) is 2. The Morgan fingerprint density at radius 3 is 2.50 bits per heavy atom. The van der Waals surface area contributed by atoms with Crippen LogP contribution >= 0.6 is 11.6 Å². The van der Waals surface area contributed by atoms with Gasteiger partial charge in [-0.15, -0.1) is 11.6 Å². The van der Waals surface area contributed by atoms with Crippen molar-refractivity contribution in [3.05, 3.63) is 29.6 Å². The molecule has 0 atom stereocenters. The predicted octanol–water partition coefficient (Wildman–Crippen LogP) is 3.06. The van der Waals surface area contributed by atoms with Crippen LogP contribution in [0.25, 0.3) is 0 Å². The second-order valence-electron chi connectivity index (χ2n) is 4.24. The fourth-order valence-electron chi connectivity index (χ4n) is 1.65. The predicted molar refractivity (Wildman–Crippen MR) is 69.6 cm³/mol. The Hall–Kier alpha value is -1.29. The van der Waals surface area contributed by atoms with Gasteiger partial charge in [0.2, 0.25) is 0 Å². The minimum atomic E-state index is -0.747. The number of carbonyl (C=O) groups excluding carboxylic acids is 1. The van der Waals surface area contributed by atoms with Crippen LogP contribution in [0.4, 0.5) is 4.39 Å². The highest BCUT2D eigenvalue weighted by Crippen LogP contribution is 2.20. The summed E-state index contributed by atoms with van der Waals surface area (Å²) in [5, 5.41) is 11.9. The highest BCUT2D eigenvalue weighted by atomic mass is 35.5. The molecule has 0 bridgehead atoms. The van der Waals surface area contributed by atoms with E-state index in [0.717, 1.165) is 6.07 Å². The van der Waals surface area contributed by atoms with Crippen LogP contribution in [0.15, 0.2) is 18.2 Å². The average Bonchev–Trinajstić information content (AvgIpc) is 2.36. The molecule has 0 aromatic heterocycles. The third kappa shape index (κ3) is 3.13. The van der Waals surface area contributed by atoms with Crippen LogP contribution in [0.1, 0.15) is 37.0 Å². The van der Waals surface area contributed by atoms with Gasteiger partial charge < -0.3 is 10.4 Å². The Kier molecular flexibility index (Phi) is 4.96. The van der Waals surface area contributed by atoms with E-state index in [0.29, 0.717) is 12.8 Å². The first-order valence-corrected chi connectivity index (χ1v) is 6.38. The molecule has 0 radical (unpaired) electrons. The summed E-state index contributed by atoms with van der Waals surface area (Å²) in [5.41, 5.74) is -0.618. The number of carbonyl (C=O) groups is 1. The lowest BCUT2D eigenvalue weighted by atomic mass is 9.94. The molecule has 0 aliphatic rings. The van der Waals surface area contributed by atoms with Crippen LogP contribution < -0.4 is 5.32 Å². The van der Waals surface area contributed by atoms with Gasteiger partial charge in [0.05, 0.1) is 11.1 Å². The Labute approximate surface area is 111 Å². The zero-order valence-electron chi connectivity index (χ0n) is 10.5. The van der Waals surface area contributed by atoms with E-state index in [2.05, 4.69) is 5.32 Å². The van der Waals surface area contributed by atoms with Crippen molar-refractivity contribution in [2.45, 2.75) is 32.2 Å². The number of halogens is 2. The number of aromatic hydroxyl groups is 1. The zero-order chi connectivity index (χ0) is 13.8. The number of phenolic OH excluding ortho intramolecular Hbond substituents is 1. The van der Waals surface area contributed by atoms with Gasteiger partial charge in [0.15, 0.2) is 0 Å². The second kappa shape index (κ2) is 6.05. The second-order valence-corrected chi connectivity index (χ2v) is 4.51. The van der Waals surface area contributed by atoms with Crippen LogP contribution in [0.2, 0.25) is 0 Å². The SMILES string of the molecule is CCC(CC)(CCl)NC(=O)c1ccc(O)cc1F. The molecule has 0 unspecified atom stereocenters. The lowest BCUT2D eigenvalue weighted by Gasteiger charge is -2.30. The standard InChI is InChI=1S/C13H17ClFNO2/c1-3-13(4-2,8-14)16-12(18)10-6-5-9(17)7-11(10)15/h5-7,17H,3-4,8H2,1-2H3,(H,16,18). The van der Waals surface area contributed by atoms with Crippen molar-refractivity contribution in [1.82, 2.24) is 5.32 Å². The number of alkyl halides is 1. The molecule has 1 aromatic carbocycles. The molecule has 5 heteroatoms. The van der Waals surface area contributed by atoms with Gasteiger partial charge >= 0.3 is 0 Å². The molecule has 2 N–H and O–H groups in total. The molecule has 0 saturated heterocycles. The summed E-state index contributed by atoms with van der Waals surface area (Å²) in [4.78, 5) is 12.0. The maximum absolute atomic E-state index is 13.5. The zero-order valence-corrected chi connectivity index (χ0v) is 11.2. The van der Waals surface area contributed by atoms with Gasteiger partial charge in [0.1, 0.15) is 11.6 Å². The van der Waals surface area contributed by atoms with Gasteiger partial charge in [-0.25, -0.2) is 4.39 Å². The van der Waals surface area contributed by atoms with Crippen LogP contribution in [0.3, 0.4) is 0 Å². The first-order valence-electron chi connectivity index (χ1n) is 5.85. The van der Waals surface area contributed by atoms with E-state index >= 15 is 0 Å². The van der Waals surface area contributed by atoms with Crippen molar-refractivity contribution < 1.29 is 14.3 Å². The lowest BCUT2D eigenvalue weighted by Crippen LogP contribution is -2.49. The molecule has 0 fully saturated rings. The van der Waals surface area contributed by atoms with E-state index in [9.17, 15) is 9.18 Å². The van der Waals surface area contributed by atoms with E-state index in [1.165, 1.54) is 12.1 Å². The normalized spacial score (nSPS) is 11.3. The molecule has 1 amide bonds. The Morgan fingerprint density at radius 1 is 1.44 bits per heavy atom. The lowest BCUT2D eigenvalue weighted by molar-refractivity contribution is 0.0898. The van der Waals surface area contributed by atoms with Crippen molar-refractivity contribution in [3.8, 4) is 5.75 Å². The third-order valence-electron chi connectivity index (χ3n) is 3.19. The summed E-state index contributed by atoms with van der Waals surface area (Å²) in [5.74, 6) is -1.20. The largest absolute Gasteiger partial charge is 0.508 e. The molecular weight excluding hydrogens is 257 g/mol. The number of nitrogens with one attached hydrogen (secondary N) is 1. The van der Waals surface area contributed by atoms with E-state index in [1.54, 1.807) is 0 Å². The fourth-order valence-corrected chi connectivity index (χ4v) is 2.09. The number of amides is 1. The first-order chi connectivity index (χ1) is 8.48. The summed E-state index contributed by atoms with van der Waals surface area (Å²) in [6.07, 6.45) is 1.33. The number of phenols is 1. The van der Waals surface area contributed by atoms with Crippen molar-refractivity contribution in [3.63, 3.8) is 0 Å². The molecule has 100 valence electrons. The van der Waals surface area contributed by atoms with Gasteiger partial charge in [-0.1, -0.05) is 13.8 Å². The summed E-state index contributed by atoms with van der Waals surface area (Å²) < 4.78 is 13.5. The number of hydrogen-bond donors (Lipinski definition) is 2. The van der Waals surface area contributed by atoms with Gasteiger partial charge in [0.25, 0.3) is 5.91 Å². The molecule has 0 saturated carbocycles. The van der Waals surface area contributed by atoms with Crippen LogP contribution in [0.5, 0.6) is 5.75 Å². The molecule has 1 aromatic rings. The highest BCUT2D eigenvalue weighted by Gasteiger charge is 2.28. The molecule has 0 heterocycles. The minimum Gasteiger partial charge on any atom is -0.508 e. The number of rotatable bonds is 5. The quantitative estimate of drug-likeness (QED) is 0.810. The fraction of sp³-hybridized carbons (Fsp3) is 0.462. The van der Waals surface area contributed by atoms with E-state index in [4.69, 9.17) is 16.7 Å². The van der Waals surface area contributed by atoms with Crippen molar-refractivity contribution in [1.29, 1.82) is 0 Å². The molecule has 0 spiro atoms. The van der Waals surface area contributed by atoms with E-state index in [1.807, 2.05) is 13.8 Å². The van der Waals surface area contributed by atoms with E-state index < -0.39 is 17.3 Å². The van der Waals surface area contributed by atoms with Crippen molar-refractivity contribution >= 4 is 17.5 Å². The number of benzene rings is 1. The average molecular weight is 274 g/mol. The molecule has 1 rings (SSSR count). The van der Waals surface area contributed by atoms with Crippen molar-refractivity contribution in [2.75, 3.05) is 5.88 Å². The Morgan fingerprint density at radius 2 is 2.06 bits per heavy atom. The molecule has 3 nitrogen and oxygen atoms in total. The van der Waals surface area contributed by atoms with Crippen LogP contribution in [-0.4, -0.2) is 22.4 Å². The summed E-state index contributed by atoms with van der Waals surface area (Å²) in [6.45, 7) is 3.83. The summed E-state index contributed by atoms with van der Waals surface area (Å²) in [7, 11) is 0. The van der Waals surface area contributed by atoms with Gasteiger partial charge in [-0.2, -0.15) is 0 Å². The summed E-state index contributed by atoms with van der Waals surface area (Å²) in [6, 6.07) is 3.44. The molecule has 0 aliphatic carbocycles. The maximum Gasteiger partial charge on any atom is 0.254 e. The first kappa shape index (κ1) is 14.8. The third-order valence-corrected chi connectivity index (χ3v) is 3.70. The topological polar surface area (TPSA) is 49.3 Å². The van der Waals surface area contributed by atoms with Crippen molar-refractivity contribution in [2.24, 2.45) is 0 Å². The smallest absolute Gasteiger partial charge is 0.254 e. The van der Waals surface area contributed by atoms with Gasteiger partial charge in [0, 0.05) is 11.9 Å². The highest BCUT2D eigenvalue weighted by molar-refractivity contribution is 6.19. The molecule has 0 aliphatic heterocycles. The van der Waals surface area contributed by atoms with Gasteiger partial charge in [-0.05, 0) is 25.0 Å². The van der Waals surface area contributed by atoms with E-state index in [-0.39, 0.29) is 17.2 Å². The molecular formula is C13H17ClFNO2. The van der Waals surface area contributed by atoms with Crippen LogP contribution in [0, 0.1) is 5.82 Å². The monoisotopic (exact) mass is 273 g/mol. The Balaban J connectivity index is 2.94. The maximum atomic E-state index is 13.5. The van der Waals surface area contributed by atoms with Gasteiger partial charge in [-0.3, -0.25) is 4.79 Å². The molecule has 18 heavy (non-hydrogen) atoms. The van der Waals surface area contributed by atoms with Crippen LogP contribution in [-0.2, 0) is 0 Å². The summed E-state index contributed by atoms with van der Waals surface area (Å²) >= 11 is 5.87. The Bertz CT molecular complexity index is 425.